The molecule has 2 heterocycles. The van der Waals surface area contributed by atoms with Crippen LogP contribution in [0.5, 0.6) is 28.7 Å². The summed E-state index contributed by atoms with van der Waals surface area (Å²) in [7, 11) is 2.90. The zero-order valence-corrected chi connectivity index (χ0v) is 20.7. The highest BCUT2D eigenvalue weighted by atomic mass is 16.7. The van der Waals surface area contributed by atoms with Gasteiger partial charge in [0, 0.05) is 37.9 Å². The number of benzene rings is 2. The average molecular weight is 514 g/mol. The van der Waals surface area contributed by atoms with E-state index in [0.717, 1.165) is 11.1 Å². The van der Waals surface area contributed by atoms with Crippen molar-refractivity contribution in [2.75, 3.05) is 47.3 Å². The van der Waals surface area contributed by atoms with Crippen LogP contribution in [0.25, 0.3) is 0 Å². The summed E-state index contributed by atoms with van der Waals surface area (Å²) in [6, 6.07) is 6.65. The number of carbonyl (C=O) groups is 2. The number of fused-ring (bicyclic) bond motifs is 3. The number of cyclic esters (lactones) is 1. The van der Waals surface area contributed by atoms with Gasteiger partial charge in [-0.2, -0.15) is 0 Å². The predicted octanol–water partition coefficient (Wildman–Crippen LogP) is 1.17. The Kier molecular flexibility index (Phi) is 6.98. The van der Waals surface area contributed by atoms with Crippen molar-refractivity contribution in [1.29, 1.82) is 0 Å². The minimum absolute atomic E-state index is 0.0858. The van der Waals surface area contributed by atoms with Crippen molar-refractivity contribution in [2.24, 2.45) is 17.6 Å². The molecular weight excluding hydrogens is 482 g/mol. The second-order valence-electron chi connectivity index (χ2n) is 9.24. The lowest BCUT2D eigenvalue weighted by Crippen LogP contribution is -2.43. The topological polar surface area (TPSA) is 151 Å². The lowest BCUT2D eigenvalue weighted by molar-refractivity contribution is -0.141. The Morgan fingerprint density at radius 3 is 2.38 bits per heavy atom. The second-order valence-corrected chi connectivity index (χ2v) is 9.24. The minimum atomic E-state index is -0.590. The molecule has 1 saturated heterocycles. The van der Waals surface area contributed by atoms with E-state index in [1.165, 1.54) is 14.2 Å². The third kappa shape index (κ3) is 4.49. The quantitative estimate of drug-likeness (QED) is 0.284. The number of ether oxygens (including phenoxy) is 5. The number of amides is 1. The van der Waals surface area contributed by atoms with Gasteiger partial charge >= 0.3 is 5.97 Å². The third-order valence-corrected chi connectivity index (χ3v) is 7.21. The molecule has 2 aromatic rings. The summed E-state index contributed by atoms with van der Waals surface area (Å²) in [5.74, 6) is -0.435. The number of hydrogen-bond donors (Lipinski definition) is 4. The first-order valence-corrected chi connectivity index (χ1v) is 12.2. The Bertz CT molecular complexity index is 1180. The molecule has 1 aliphatic carbocycles. The van der Waals surface area contributed by atoms with Gasteiger partial charge in [0.2, 0.25) is 18.4 Å². The van der Waals surface area contributed by atoms with Gasteiger partial charge in [-0.1, -0.05) is 0 Å². The van der Waals surface area contributed by atoms with E-state index in [4.69, 9.17) is 29.4 Å². The summed E-state index contributed by atoms with van der Waals surface area (Å²) in [6.07, 6.45) is 0.262. The number of esters is 1. The van der Waals surface area contributed by atoms with E-state index in [1.54, 1.807) is 12.1 Å². The van der Waals surface area contributed by atoms with Crippen molar-refractivity contribution >= 4 is 11.9 Å². The molecule has 0 aromatic heterocycles. The first-order chi connectivity index (χ1) is 18.0. The molecule has 5 N–H and O–H groups in total. The van der Waals surface area contributed by atoms with Crippen LogP contribution in [0, 0.1) is 11.8 Å². The monoisotopic (exact) mass is 513 g/mol. The summed E-state index contributed by atoms with van der Waals surface area (Å²) in [5.41, 5.74) is 7.83. The fourth-order valence-corrected chi connectivity index (χ4v) is 5.52. The number of nitrogens with two attached hydrogens (primary N) is 1. The Morgan fingerprint density at radius 1 is 1.05 bits per heavy atom. The number of rotatable bonds is 9. The highest BCUT2D eigenvalue weighted by molar-refractivity contribution is 5.81. The van der Waals surface area contributed by atoms with Crippen LogP contribution in [0.1, 0.15) is 35.1 Å². The number of phenols is 1. The maximum atomic E-state index is 13.2. The Balaban J connectivity index is 1.60. The van der Waals surface area contributed by atoms with E-state index in [2.05, 4.69) is 10.6 Å². The van der Waals surface area contributed by atoms with Crippen LogP contribution in [0.3, 0.4) is 0 Å². The van der Waals surface area contributed by atoms with Crippen molar-refractivity contribution in [1.82, 2.24) is 10.6 Å². The molecule has 4 unspecified atom stereocenters. The number of phenolic OH excluding ortho intramolecular Hbond substituents is 1. The number of nitrogens with one attached hydrogen (secondary N) is 2. The molecule has 0 spiro atoms. The largest absolute Gasteiger partial charge is 0.502 e. The lowest BCUT2D eigenvalue weighted by atomic mass is 9.65. The zero-order chi connectivity index (χ0) is 26.1. The summed E-state index contributed by atoms with van der Waals surface area (Å²) in [6.45, 7) is 1.85. The molecule has 11 heteroatoms. The summed E-state index contributed by atoms with van der Waals surface area (Å²) < 4.78 is 27.6. The first-order valence-electron chi connectivity index (χ1n) is 12.2. The van der Waals surface area contributed by atoms with Crippen molar-refractivity contribution in [3.63, 3.8) is 0 Å². The van der Waals surface area contributed by atoms with Crippen LogP contribution in [0.4, 0.5) is 0 Å². The standard InChI is InChI=1S/C26H31N3O8/c1-33-19-7-13(8-20(34-2)25(19)31)22-14-9-17-18(37-12-36-17)10-15(14)24(16-11-35-26(32)23(16)22)29-21(30)3-5-28-6-4-27/h7-10,16,22-24,28,31H,3-6,11-12,27H2,1-2H3,(H,29,30). The maximum Gasteiger partial charge on any atom is 0.310 e. The van der Waals surface area contributed by atoms with Gasteiger partial charge in [0.15, 0.2) is 23.0 Å². The molecule has 2 aromatic carbocycles. The smallest absolute Gasteiger partial charge is 0.310 e. The molecular formula is C26H31N3O8. The molecule has 0 radical (unpaired) electrons. The molecule has 198 valence electrons. The molecule has 3 aliphatic rings. The second kappa shape index (κ2) is 10.3. The van der Waals surface area contributed by atoms with Gasteiger partial charge in [-0.25, -0.2) is 0 Å². The molecule has 37 heavy (non-hydrogen) atoms. The van der Waals surface area contributed by atoms with Crippen molar-refractivity contribution < 1.29 is 38.4 Å². The fourth-order valence-electron chi connectivity index (χ4n) is 5.52. The van der Waals surface area contributed by atoms with Crippen LogP contribution in [-0.2, 0) is 14.3 Å². The Labute approximate surface area is 214 Å². The fraction of sp³-hybridized carbons (Fsp3) is 0.462. The SMILES string of the molecule is COc1cc(C2c3cc4c(cc3C(NC(=O)CCNCCN)C3COC(=O)C23)OCO4)cc(OC)c1O. The van der Waals surface area contributed by atoms with Crippen molar-refractivity contribution in [3.8, 4) is 28.7 Å². The van der Waals surface area contributed by atoms with Crippen molar-refractivity contribution in [3.05, 3.63) is 41.0 Å². The van der Waals surface area contributed by atoms with E-state index >= 15 is 0 Å². The van der Waals surface area contributed by atoms with E-state index in [0.29, 0.717) is 36.7 Å². The van der Waals surface area contributed by atoms with Gasteiger partial charge in [-0.05, 0) is 41.0 Å². The van der Waals surface area contributed by atoms with Gasteiger partial charge in [-0.3, -0.25) is 9.59 Å². The lowest BCUT2D eigenvalue weighted by Gasteiger charge is -2.39. The number of aromatic hydroxyl groups is 1. The average Bonchev–Trinajstić information content (AvgIpc) is 3.52. The van der Waals surface area contributed by atoms with Gasteiger partial charge in [0.1, 0.15) is 0 Å². The summed E-state index contributed by atoms with van der Waals surface area (Å²) in [5, 5.41) is 16.7. The van der Waals surface area contributed by atoms with Crippen molar-refractivity contribution in [2.45, 2.75) is 18.4 Å². The van der Waals surface area contributed by atoms with E-state index in [9.17, 15) is 14.7 Å². The molecule has 5 rings (SSSR count). The van der Waals surface area contributed by atoms with Crippen LogP contribution in [-0.4, -0.2) is 64.2 Å². The summed E-state index contributed by atoms with van der Waals surface area (Å²) >= 11 is 0. The highest BCUT2D eigenvalue weighted by Crippen LogP contribution is 2.55. The van der Waals surface area contributed by atoms with Gasteiger partial charge in [0.25, 0.3) is 0 Å². The normalized spacial score (nSPS) is 23.2. The third-order valence-electron chi connectivity index (χ3n) is 7.21. The van der Waals surface area contributed by atoms with E-state index in [1.807, 2.05) is 12.1 Å². The molecule has 2 aliphatic heterocycles. The number of hydrogen-bond acceptors (Lipinski definition) is 10. The van der Waals surface area contributed by atoms with E-state index < -0.39 is 17.9 Å². The molecule has 1 amide bonds. The number of carbonyl (C=O) groups excluding carboxylic acids is 2. The van der Waals surface area contributed by atoms with Gasteiger partial charge < -0.3 is 45.2 Å². The van der Waals surface area contributed by atoms with Crippen LogP contribution in [0.15, 0.2) is 24.3 Å². The zero-order valence-electron chi connectivity index (χ0n) is 20.7. The Morgan fingerprint density at radius 2 is 1.73 bits per heavy atom. The first kappa shape index (κ1) is 25.0. The molecule has 0 saturated carbocycles. The molecule has 1 fully saturated rings. The predicted molar refractivity (Wildman–Crippen MR) is 131 cm³/mol. The minimum Gasteiger partial charge on any atom is -0.502 e. The van der Waals surface area contributed by atoms with Gasteiger partial charge in [-0.15, -0.1) is 0 Å². The Hall–Kier alpha value is -3.70. The molecule has 4 atom stereocenters. The highest BCUT2D eigenvalue weighted by Gasteiger charge is 2.53. The van der Waals surface area contributed by atoms with Gasteiger partial charge in [0.05, 0.1) is 32.8 Å². The molecule has 11 nitrogen and oxygen atoms in total. The number of methoxy groups -OCH3 is 2. The maximum absolute atomic E-state index is 13.2. The molecule has 0 bridgehead atoms. The van der Waals surface area contributed by atoms with E-state index in [-0.39, 0.29) is 54.9 Å². The summed E-state index contributed by atoms with van der Waals surface area (Å²) in [4.78, 5) is 26.1. The van der Waals surface area contributed by atoms with Crippen LogP contribution < -0.4 is 35.3 Å². The van der Waals surface area contributed by atoms with Crippen LogP contribution >= 0.6 is 0 Å². The van der Waals surface area contributed by atoms with Crippen LogP contribution in [0.2, 0.25) is 0 Å².